The lowest BCUT2D eigenvalue weighted by molar-refractivity contribution is -0.135. The van der Waals surface area contributed by atoms with Gasteiger partial charge in [0.25, 0.3) is 0 Å². The van der Waals surface area contributed by atoms with Crippen LogP contribution in [0.2, 0.25) is 0 Å². The van der Waals surface area contributed by atoms with Crippen molar-refractivity contribution >= 4 is 38.6 Å². The summed E-state index contributed by atoms with van der Waals surface area (Å²) < 4.78 is 31.9. The van der Waals surface area contributed by atoms with Crippen LogP contribution in [0.1, 0.15) is 12.0 Å². The minimum absolute atomic E-state index is 0.00504. The third-order valence-corrected chi connectivity index (χ3v) is 5.88. The van der Waals surface area contributed by atoms with Crippen molar-refractivity contribution in [2.24, 2.45) is 20.8 Å². The Morgan fingerprint density at radius 3 is 2.64 bits per heavy atom. The number of methoxy groups -OCH3 is 1. The third kappa shape index (κ3) is 5.36. The molecule has 28 heavy (non-hydrogen) atoms. The lowest BCUT2D eigenvalue weighted by atomic mass is 10.0. The summed E-state index contributed by atoms with van der Waals surface area (Å²) in [5.41, 5.74) is 3.09. The first-order valence-electron chi connectivity index (χ1n) is 7.97. The van der Waals surface area contributed by atoms with Crippen LogP contribution >= 0.6 is 11.8 Å². The van der Waals surface area contributed by atoms with Crippen LogP contribution in [0.25, 0.3) is 0 Å². The standard InChI is InChI=1S/C17H18N4O5S2/c1-4-5-13-16(23)14(10-15(22)26-3)27-17(13)18-19-20-21-28(24,25)12-8-6-11(2)7-9-12/h4,6-10,13H,1,5H2,2-3H3,(H,19,21)/b14-10-,18-17-. The van der Waals surface area contributed by atoms with Gasteiger partial charge in [-0.15, -0.1) is 6.58 Å². The fourth-order valence-electron chi connectivity index (χ4n) is 2.16. The van der Waals surface area contributed by atoms with E-state index in [0.29, 0.717) is 11.5 Å². The maximum absolute atomic E-state index is 12.4. The minimum Gasteiger partial charge on any atom is -0.466 e. The van der Waals surface area contributed by atoms with E-state index in [1.807, 2.05) is 6.92 Å². The highest BCUT2D eigenvalue weighted by atomic mass is 32.2. The minimum atomic E-state index is -3.97. The molecule has 2 rings (SSSR count). The summed E-state index contributed by atoms with van der Waals surface area (Å²) in [5.74, 6) is -1.61. The van der Waals surface area contributed by atoms with Gasteiger partial charge in [0.1, 0.15) is 5.04 Å². The van der Waals surface area contributed by atoms with Crippen LogP contribution < -0.4 is 5.53 Å². The average molecular weight is 422 g/mol. The fraction of sp³-hybridized carbons (Fsp3) is 0.235. The van der Waals surface area contributed by atoms with Gasteiger partial charge >= 0.3 is 16.0 Å². The Labute approximate surface area is 166 Å². The zero-order valence-electron chi connectivity index (χ0n) is 15.2. The molecule has 0 bridgehead atoms. The van der Waals surface area contributed by atoms with Gasteiger partial charge < -0.3 is 4.74 Å². The number of carbonyl (C=O) groups excluding carboxylic acids is 2. The van der Waals surface area contributed by atoms with E-state index in [1.54, 1.807) is 18.2 Å². The second-order valence-electron chi connectivity index (χ2n) is 5.59. The van der Waals surface area contributed by atoms with Gasteiger partial charge in [-0.25, -0.2) is 4.79 Å². The normalized spacial score (nSPS) is 20.1. The maximum atomic E-state index is 12.4. The Balaban J connectivity index is 2.15. The first kappa shape index (κ1) is 21.5. The molecule has 0 radical (unpaired) electrons. The summed E-state index contributed by atoms with van der Waals surface area (Å²) in [7, 11) is -2.77. The Morgan fingerprint density at radius 1 is 1.36 bits per heavy atom. The number of esters is 1. The maximum Gasteiger partial charge on any atom is 0.331 e. The molecule has 0 saturated carbocycles. The molecular weight excluding hydrogens is 404 g/mol. The molecule has 0 spiro atoms. The summed E-state index contributed by atoms with van der Waals surface area (Å²) in [6.45, 7) is 5.43. The topological polar surface area (TPSA) is 127 Å². The van der Waals surface area contributed by atoms with Crippen LogP contribution in [0.15, 0.2) is 67.6 Å². The molecule has 1 N–H and O–H groups in total. The second-order valence-corrected chi connectivity index (χ2v) is 8.24. The first-order chi connectivity index (χ1) is 13.3. The number of Topliss-reactive ketones (excluding diaryl/α,β-unsaturated/α-hetero) is 1. The van der Waals surface area contributed by atoms with Gasteiger partial charge in [0.05, 0.1) is 22.8 Å². The second kappa shape index (κ2) is 9.42. The van der Waals surface area contributed by atoms with Crippen molar-refractivity contribution in [3.8, 4) is 0 Å². The number of hydrogen-bond donors (Lipinski definition) is 1. The number of thioether (sulfide) groups is 1. The molecule has 1 atom stereocenters. The van der Waals surface area contributed by atoms with E-state index in [2.05, 4.69) is 31.7 Å². The van der Waals surface area contributed by atoms with Crippen LogP contribution in [-0.4, -0.2) is 32.3 Å². The van der Waals surface area contributed by atoms with E-state index in [9.17, 15) is 18.0 Å². The molecule has 0 amide bonds. The van der Waals surface area contributed by atoms with Crippen LogP contribution in [0, 0.1) is 12.8 Å². The third-order valence-electron chi connectivity index (χ3n) is 3.60. The highest BCUT2D eigenvalue weighted by Gasteiger charge is 2.36. The summed E-state index contributed by atoms with van der Waals surface area (Å²) in [4.78, 5) is 23.9. The summed E-state index contributed by atoms with van der Waals surface area (Å²) in [6, 6.07) is 6.13. The van der Waals surface area contributed by atoms with Crippen molar-refractivity contribution in [1.29, 1.82) is 0 Å². The quantitative estimate of drug-likeness (QED) is 0.235. The van der Waals surface area contributed by atoms with Gasteiger partial charge in [-0.1, -0.05) is 35.5 Å². The summed E-state index contributed by atoms with van der Waals surface area (Å²) in [5, 5.41) is 7.59. The molecule has 1 unspecified atom stereocenters. The number of hydrazone groups is 1. The van der Waals surface area contributed by atoms with Crippen molar-refractivity contribution in [2.45, 2.75) is 18.2 Å². The number of rotatable bonds is 7. The van der Waals surface area contributed by atoms with Crippen molar-refractivity contribution in [1.82, 2.24) is 5.53 Å². The van der Waals surface area contributed by atoms with E-state index in [-0.39, 0.29) is 15.6 Å². The number of nitrogens with zero attached hydrogens (tertiary/aromatic N) is 3. The zero-order chi connectivity index (χ0) is 20.7. The number of sulfonamides is 1. The highest BCUT2D eigenvalue weighted by Crippen LogP contribution is 2.36. The van der Waals surface area contributed by atoms with Gasteiger partial charge in [0, 0.05) is 6.08 Å². The van der Waals surface area contributed by atoms with Gasteiger partial charge in [-0.3, -0.25) is 4.79 Å². The van der Waals surface area contributed by atoms with Gasteiger partial charge in [-0.05, 0) is 35.2 Å². The van der Waals surface area contributed by atoms with E-state index in [0.717, 1.165) is 23.4 Å². The van der Waals surface area contributed by atoms with Gasteiger partial charge in [-0.2, -0.15) is 19.1 Å². The number of nitrogens with one attached hydrogen (secondary N) is 1. The number of carbonyl (C=O) groups is 2. The monoisotopic (exact) mass is 422 g/mol. The van der Waals surface area contributed by atoms with Crippen molar-refractivity contribution in [3.63, 3.8) is 0 Å². The summed E-state index contributed by atoms with van der Waals surface area (Å²) >= 11 is 0.966. The molecular formula is C17H18N4O5S2. The molecule has 1 aliphatic rings. The lowest BCUT2D eigenvalue weighted by Crippen LogP contribution is -2.15. The molecule has 1 heterocycles. The number of aryl methyl sites for hydroxylation is 1. The molecule has 1 aromatic rings. The number of ether oxygens (including phenoxy) is 1. The Bertz CT molecular complexity index is 966. The lowest BCUT2D eigenvalue weighted by Gasteiger charge is -2.03. The number of ketones is 1. The Kier molecular flexibility index (Phi) is 7.24. The van der Waals surface area contributed by atoms with E-state index < -0.39 is 21.9 Å². The molecule has 148 valence electrons. The van der Waals surface area contributed by atoms with Crippen LogP contribution in [0.3, 0.4) is 0 Å². The van der Waals surface area contributed by atoms with Gasteiger partial charge in [0.15, 0.2) is 5.78 Å². The number of allylic oxidation sites excluding steroid dienone is 2. The molecule has 1 aliphatic heterocycles. The van der Waals surface area contributed by atoms with Crippen LogP contribution in [0.4, 0.5) is 0 Å². The molecule has 1 fully saturated rings. The fourth-order valence-corrected chi connectivity index (χ4v) is 3.93. The van der Waals surface area contributed by atoms with Crippen molar-refractivity contribution in [2.75, 3.05) is 7.11 Å². The smallest absolute Gasteiger partial charge is 0.331 e. The molecule has 9 nitrogen and oxygen atoms in total. The predicted octanol–water partition coefficient (Wildman–Crippen LogP) is 2.52. The predicted molar refractivity (Wildman–Crippen MR) is 105 cm³/mol. The largest absolute Gasteiger partial charge is 0.466 e. The average Bonchev–Trinajstić information content (AvgIpc) is 2.95. The Morgan fingerprint density at radius 2 is 2.04 bits per heavy atom. The summed E-state index contributed by atoms with van der Waals surface area (Å²) in [6.07, 6.45) is 2.92. The van der Waals surface area contributed by atoms with E-state index in [1.165, 1.54) is 19.2 Å². The molecule has 0 aliphatic carbocycles. The molecule has 1 aromatic carbocycles. The SMILES string of the molecule is C=CCC1C(=O)/C(=C/C(=O)OC)S/C1=N\N/N=N/S(=O)(=O)c1ccc(C)cc1. The van der Waals surface area contributed by atoms with Crippen LogP contribution in [0.5, 0.6) is 0 Å². The van der Waals surface area contributed by atoms with Crippen LogP contribution in [-0.2, 0) is 24.3 Å². The van der Waals surface area contributed by atoms with Crippen molar-refractivity contribution in [3.05, 3.63) is 53.5 Å². The number of hydrogen-bond acceptors (Lipinski definition) is 8. The van der Waals surface area contributed by atoms with E-state index in [4.69, 9.17) is 0 Å². The Hall–Kier alpha value is -2.79. The van der Waals surface area contributed by atoms with E-state index >= 15 is 0 Å². The first-order valence-corrected chi connectivity index (χ1v) is 10.2. The molecule has 11 heteroatoms. The molecule has 1 saturated heterocycles. The highest BCUT2D eigenvalue weighted by molar-refractivity contribution is 8.18. The van der Waals surface area contributed by atoms with Crippen molar-refractivity contribution < 1.29 is 22.7 Å². The molecule has 0 aromatic heterocycles. The van der Waals surface area contributed by atoms with Gasteiger partial charge in [0.2, 0.25) is 0 Å². The zero-order valence-corrected chi connectivity index (χ0v) is 16.8. The number of benzene rings is 1.